The number of nitrogens with zero attached hydrogens (tertiary/aromatic N) is 5. The second-order valence-corrected chi connectivity index (χ2v) is 10.0. The number of nitrogens with one attached hydrogen (secondary N) is 1. The first-order valence-corrected chi connectivity index (χ1v) is 13.4. The Hall–Kier alpha value is -2.56. The van der Waals surface area contributed by atoms with E-state index in [2.05, 4.69) is 22.2 Å². The number of rotatable bonds is 11. The molecule has 0 radical (unpaired) electrons. The molecule has 1 saturated carbocycles. The number of hydrogen-bond donors (Lipinski definition) is 2. The Morgan fingerprint density at radius 3 is 2.57 bits per heavy atom. The fourth-order valence-electron chi connectivity index (χ4n) is 5.12. The number of alkyl halides is 2. The summed E-state index contributed by atoms with van der Waals surface area (Å²) in [6.07, 6.45) is 3.11. The average molecular weight is 519 g/mol. The molecule has 0 amide bonds. The van der Waals surface area contributed by atoms with Crippen molar-refractivity contribution in [2.45, 2.75) is 50.7 Å². The first-order chi connectivity index (χ1) is 17.9. The van der Waals surface area contributed by atoms with Gasteiger partial charge in [0.2, 0.25) is 0 Å². The van der Waals surface area contributed by atoms with Crippen LogP contribution in [0.4, 0.5) is 20.4 Å². The van der Waals surface area contributed by atoms with Gasteiger partial charge in [-0.1, -0.05) is 31.4 Å². The maximum Gasteiger partial charge on any atom is 0.251 e. The van der Waals surface area contributed by atoms with Crippen LogP contribution in [0.3, 0.4) is 0 Å². The topological polar surface area (TPSA) is 77.0 Å². The van der Waals surface area contributed by atoms with Crippen molar-refractivity contribution in [2.75, 3.05) is 69.8 Å². The van der Waals surface area contributed by atoms with Crippen LogP contribution in [-0.2, 0) is 0 Å². The van der Waals surface area contributed by atoms with Gasteiger partial charge < -0.3 is 25.0 Å². The number of aromatic nitrogens is 2. The molecule has 1 aromatic heterocycles. The van der Waals surface area contributed by atoms with E-state index in [-0.39, 0.29) is 13.2 Å². The van der Waals surface area contributed by atoms with Crippen molar-refractivity contribution >= 4 is 11.6 Å². The predicted octanol–water partition coefficient (Wildman–Crippen LogP) is 3.26. The number of aliphatic hydroxyl groups excluding tert-OH is 1. The van der Waals surface area contributed by atoms with Crippen LogP contribution < -0.4 is 19.9 Å². The molecule has 1 saturated heterocycles. The van der Waals surface area contributed by atoms with E-state index in [0.717, 1.165) is 30.0 Å². The summed E-state index contributed by atoms with van der Waals surface area (Å²) in [6.45, 7) is 2.89. The first kappa shape index (κ1) is 27.5. The van der Waals surface area contributed by atoms with E-state index < -0.39 is 12.5 Å². The molecule has 1 aromatic carbocycles. The third kappa shape index (κ3) is 7.72. The summed E-state index contributed by atoms with van der Waals surface area (Å²) >= 11 is 0. The lowest BCUT2D eigenvalue weighted by atomic mass is 9.94. The number of benzene rings is 1. The zero-order chi connectivity index (χ0) is 26.2. The predicted molar refractivity (Wildman–Crippen MR) is 143 cm³/mol. The maximum absolute atomic E-state index is 12.9. The van der Waals surface area contributed by atoms with Crippen LogP contribution in [0, 0.1) is 0 Å². The summed E-state index contributed by atoms with van der Waals surface area (Å²) in [5, 5.41) is 12.9. The third-order valence-corrected chi connectivity index (χ3v) is 7.25. The monoisotopic (exact) mass is 518 g/mol. The van der Waals surface area contributed by atoms with Crippen LogP contribution in [0.5, 0.6) is 5.75 Å². The van der Waals surface area contributed by atoms with Crippen LogP contribution in [0.2, 0.25) is 0 Å². The van der Waals surface area contributed by atoms with E-state index in [9.17, 15) is 13.9 Å². The normalized spacial score (nSPS) is 18.3. The van der Waals surface area contributed by atoms with Crippen LogP contribution in [0.25, 0.3) is 11.4 Å². The second-order valence-electron chi connectivity index (χ2n) is 10.0. The van der Waals surface area contributed by atoms with Crippen LogP contribution >= 0.6 is 0 Å². The quantitative estimate of drug-likeness (QED) is 0.470. The van der Waals surface area contributed by atoms with Gasteiger partial charge in [-0.05, 0) is 32.0 Å². The molecule has 4 rings (SSSR count). The highest BCUT2D eigenvalue weighted by atomic mass is 19.3. The Labute approximate surface area is 218 Å². The summed E-state index contributed by atoms with van der Waals surface area (Å²) in [6, 6.07) is 10.1. The average Bonchev–Trinajstić information content (AvgIpc) is 2.92. The summed E-state index contributed by atoms with van der Waals surface area (Å²) < 4.78 is 31.5. The highest BCUT2D eigenvalue weighted by Gasteiger charge is 2.24. The standard InChI is InChI=1S/C27H40F2N6O2/c1-30-17-22(36)19-37-23-10-6-7-20(15-23)27-31-25(33(2)21-8-4-3-5-9-21)16-26(32-27)35-13-11-34(12-14-35)18-24(28)29/h6-7,10,15-16,21-22,24,30,36H,3-5,8-9,11-14,17-19H2,1-2H3. The van der Waals surface area contributed by atoms with Gasteiger partial charge in [0, 0.05) is 57.4 Å². The lowest BCUT2D eigenvalue weighted by Gasteiger charge is -2.36. The molecule has 2 N–H and O–H groups in total. The Bertz CT molecular complexity index is 983. The van der Waals surface area contributed by atoms with Gasteiger partial charge in [0.25, 0.3) is 6.43 Å². The number of ether oxygens (including phenoxy) is 1. The SMILES string of the molecule is CNCC(O)COc1cccc(-c2nc(N3CCN(CC(F)F)CC3)cc(N(C)C3CCCCC3)n2)c1. The van der Waals surface area contributed by atoms with E-state index in [1.54, 1.807) is 7.05 Å². The van der Waals surface area contributed by atoms with Crippen molar-refractivity contribution < 1.29 is 18.6 Å². The fraction of sp³-hybridized carbons (Fsp3) is 0.630. The maximum atomic E-state index is 12.9. The Kier molecular flexibility index (Phi) is 9.88. The highest BCUT2D eigenvalue weighted by molar-refractivity contribution is 5.64. The fourth-order valence-corrected chi connectivity index (χ4v) is 5.12. The number of halogens is 2. The van der Waals surface area contributed by atoms with Gasteiger partial charge in [-0.3, -0.25) is 4.90 Å². The smallest absolute Gasteiger partial charge is 0.251 e. The van der Waals surface area contributed by atoms with Crippen molar-refractivity contribution in [3.63, 3.8) is 0 Å². The van der Waals surface area contributed by atoms with Crippen molar-refractivity contribution in [2.24, 2.45) is 0 Å². The number of aliphatic hydroxyl groups is 1. The number of likely N-dealkylation sites (N-methyl/N-ethyl adjacent to an activating group) is 1. The van der Waals surface area contributed by atoms with E-state index in [0.29, 0.717) is 50.3 Å². The van der Waals surface area contributed by atoms with Crippen LogP contribution in [-0.4, -0.2) is 98.5 Å². The molecule has 1 aliphatic heterocycles. The molecule has 2 aliphatic rings. The molecular weight excluding hydrogens is 478 g/mol. The summed E-state index contributed by atoms with van der Waals surface area (Å²) in [4.78, 5) is 16.1. The van der Waals surface area contributed by atoms with E-state index in [1.807, 2.05) is 35.2 Å². The molecule has 1 aliphatic carbocycles. The Morgan fingerprint density at radius 2 is 1.86 bits per heavy atom. The van der Waals surface area contributed by atoms with Crippen molar-refractivity contribution in [1.29, 1.82) is 0 Å². The minimum Gasteiger partial charge on any atom is -0.491 e. The molecule has 2 aromatic rings. The third-order valence-electron chi connectivity index (χ3n) is 7.25. The first-order valence-electron chi connectivity index (χ1n) is 13.4. The highest BCUT2D eigenvalue weighted by Crippen LogP contribution is 2.30. The lowest BCUT2D eigenvalue weighted by Crippen LogP contribution is -2.48. The molecule has 0 spiro atoms. The van der Waals surface area contributed by atoms with Crippen molar-refractivity contribution in [1.82, 2.24) is 20.2 Å². The minimum absolute atomic E-state index is 0.184. The molecule has 0 bridgehead atoms. The van der Waals surface area contributed by atoms with Crippen molar-refractivity contribution in [3.05, 3.63) is 30.3 Å². The van der Waals surface area contributed by atoms with Crippen LogP contribution in [0.1, 0.15) is 32.1 Å². The second kappa shape index (κ2) is 13.3. The molecule has 1 unspecified atom stereocenters. The molecule has 8 nitrogen and oxygen atoms in total. The number of piperazine rings is 1. The summed E-state index contributed by atoms with van der Waals surface area (Å²) in [5.41, 5.74) is 0.831. The Balaban J connectivity index is 1.58. The molecule has 1 atom stereocenters. The molecule has 204 valence electrons. The summed E-state index contributed by atoms with van der Waals surface area (Å²) in [7, 11) is 3.89. The van der Waals surface area contributed by atoms with Crippen molar-refractivity contribution in [3.8, 4) is 17.1 Å². The van der Waals surface area contributed by atoms with Gasteiger partial charge in [-0.25, -0.2) is 18.7 Å². The molecule has 10 heteroatoms. The minimum atomic E-state index is -2.32. The van der Waals surface area contributed by atoms with Gasteiger partial charge in [-0.15, -0.1) is 0 Å². The van der Waals surface area contributed by atoms with Gasteiger partial charge in [0.05, 0.1) is 6.54 Å². The van der Waals surface area contributed by atoms with E-state index >= 15 is 0 Å². The molecule has 2 fully saturated rings. The zero-order valence-corrected chi connectivity index (χ0v) is 22.0. The molecular formula is C27H40F2N6O2. The van der Waals surface area contributed by atoms with Gasteiger partial charge in [0.15, 0.2) is 5.82 Å². The van der Waals surface area contributed by atoms with Gasteiger partial charge in [-0.2, -0.15) is 0 Å². The van der Waals surface area contributed by atoms with E-state index in [4.69, 9.17) is 14.7 Å². The zero-order valence-electron chi connectivity index (χ0n) is 22.0. The lowest BCUT2D eigenvalue weighted by molar-refractivity contribution is 0.0854. The number of hydrogen-bond acceptors (Lipinski definition) is 8. The molecule has 37 heavy (non-hydrogen) atoms. The molecule has 2 heterocycles. The Morgan fingerprint density at radius 1 is 1.11 bits per heavy atom. The van der Waals surface area contributed by atoms with Gasteiger partial charge in [0.1, 0.15) is 30.1 Å². The summed E-state index contributed by atoms with van der Waals surface area (Å²) in [5.74, 6) is 2.93. The van der Waals surface area contributed by atoms with Crippen LogP contribution in [0.15, 0.2) is 30.3 Å². The number of anilines is 2. The van der Waals surface area contributed by atoms with E-state index in [1.165, 1.54) is 19.3 Å². The largest absolute Gasteiger partial charge is 0.491 e. The van der Waals surface area contributed by atoms with Gasteiger partial charge >= 0.3 is 0 Å².